The Labute approximate surface area is 120 Å². The number of hydrogen-bond donors (Lipinski definition) is 2. The zero-order chi connectivity index (χ0) is 14.7. The monoisotopic (exact) mass is 341 g/mol. The average Bonchev–Trinajstić information content (AvgIpc) is 2.36. The van der Waals surface area contributed by atoms with Gasteiger partial charge in [-0.1, -0.05) is 6.07 Å². The number of nitrogens with one attached hydrogen (secondary N) is 2. The number of aromatic nitrogens is 2. The average molecular weight is 342 g/mol. The first kappa shape index (κ1) is 14.2. The third-order valence-electron chi connectivity index (χ3n) is 2.39. The van der Waals surface area contributed by atoms with Gasteiger partial charge in [0.2, 0.25) is 5.91 Å². The number of halogens is 2. The second-order valence-corrected chi connectivity index (χ2v) is 4.78. The van der Waals surface area contributed by atoms with Gasteiger partial charge in [0.15, 0.2) is 0 Å². The summed E-state index contributed by atoms with van der Waals surface area (Å²) in [7, 11) is 0. The van der Waals surface area contributed by atoms with Crippen LogP contribution in [0.1, 0.15) is 0 Å². The summed E-state index contributed by atoms with van der Waals surface area (Å²) in [6.45, 7) is -0.301. The van der Waals surface area contributed by atoms with Crippen LogP contribution in [-0.4, -0.2) is 15.5 Å². The van der Waals surface area contributed by atoms with Gasteiger partial charge < -0.3 is 5.32 Å². The first-order valence-corrected chi connectivity index (χ1v) is 6.29. The van der Waals surface area contributed by atoms with Crippen molar-refractivity contribution in [1.82, 2.24) is 9.55 Å². The largest absolute Gasteiger partial charge is 0.328 e. The second kappa shape index (κ2) is 5.83. The van der Waals surface area contributed by atoms with Crippen molar-refractivity contribution in [3.63, 3.8) is 0 Å². The summed E-state index contributed by atoms with van der Waals surface area (Å²) in [5.41, 5.74) is -0.990. The Morgan fingerprint density at radius 1 is 1.40 bits per heavy atom. The smallest absolute Gasteiger partial charge is 0.324 e. The summed E-state index contributed by atoms with van der Waals surface area (Å²) in [6, 6.07) is 5.38. The molecule has 1 amide bonds. The van der Waals surface area contributed by atoms with Crippen molar-refractivity contribution in [2.75, 3.05) is 5.32 Å². The number of benzene rings is 1. The Morgan fingerprint density at radius 3 is 2.85 bits per heavy atom. The zero-order valence-corrected chi connectivity index (χ0v) is 11.6. The molecule has 0 saturated heterocycles. The molecule has 0 aliphatic rings. The predicted molar refractivity (Wildman–Crippen MR) is 74.1 cm³/mol. The molecule has 2 aromatic rings. The highest BCUT2D eigenvalue weighted by Crippen LogP contribution is 2.09. The number of anilines is 1. The molecule has 0 unspecified atom stereocenters. The maximum Gasteiger partial charge on any atom is 0.328 e. The molecule has 0 aliphatic carbocycles. The van der Waals surface area contributed by atoms with Gasteiger partial charge in [0.05, 0.1) is 4.47 Å². The minimum Gasteiger partial charge on any atom is -0.324 e. The van der Waals surface area contributed by atoms with Gasteiger partial charge in [0, 0.05) is 11.9 Å². The molecule has 1 aromatic heterocycles. The molecule has 8 heteroatoms. The highest BCUT2D eigenvalue weighted by atomic mass is 79.9. The third-order valence-corrected chi connectivity index (χ3v) is 2.95. The first-order chi connectivity index (χ1) is 9.45. The van der Waals surface area contributed by atoms with E-state index in [-0.39, 0.29) is 16.7 Å². The SMILES string of the molecule is O=C(Cn1cc(Br)c(=O)[nH]c1=O)Nc1cccc(F)c1. The van der Waals surface area contributed by atoms with E-state index in [0.29, 0.717) is 0 Å². The summed E-state index contributed by atoms with van der Waals surface area (Å²) >= 11 is 2.96. The lowest BCUT2D eigenvalue weighted by Gasteiger charge is -2.07. The predicted octanol–water partition coefficient (Wildman–Crippen LogP) is 1.08. The van der Waals surface area contributed by atoms with Gasteiger partial charge in [-0.05, 0) is 34.1 Å². The number of rotatable bonds is 3. The molecule has 0 spiro atoms. The van der Waals surface area contributed by atoms with E-state index in [0.717, 1.165) is 10.6 Å². The van der Waals surface area contributed by atoms with Crippen molar-refractivity contribution < 1.29 is 9.18 Å². The number of nitrogens with zero attached hydrogens (tertiary/aromatic N) is 1. The van der Waals surface area contributed by atoms with Crippen LogP contribution in [0.5, 0.6) is 0 Å². The molecule has 0 bridgehead atoms. The van der Waals surface area contributed by atoms with Crippen LogP contribution in [0.15, 0.2) is 44.5 Å². The van der Waals surface area contributed by atoms with E-state index in [4.69, 9.17) is 0 Å². The van der Waals surface area contributed by atoms with Crippen LogP contribution >= 0.6 is 15.9 Å². The van der Waals surface area contributed by atoms with E-state index in [1.54, 1.807) is 0 Å². The van der Waals surface area contributed by atoms with Crippen LogP contribution in [0.2, 0.25) is 0 Å². The zero-order valence-electron chi connectivity index (χ0n) is 10.0. The lowest BCUT2D eigenvalue weighted by atomic mass is 10.3. The van der Waals surface area contributed by atoms with Crippen molar-refractivity contribution in [2.24, 2.45) is 0 Å². The van der Waals surface area contributed by atoms with E-state index in [1.165, 1.54) is 24.4 Å². The third kappa shape index (κ3) is 3.41. The summed E-state index contributed by atoms with van der Waals surface area (Å²) < 4.78 is 14.1. The molecule has 0 radical (unpaired) electrons. The summed E-state index contributed by atoms with van der Waals surface area (Å²) in [5, 5.41) is 2.45. The normalized spacial score (nSPS) is 10.3. The number of carbonyl (C=O) groups excluding carboxylic acids is 1. The van der Waals surface area contributed by atoms with Crippen molar-refractivity contribution in [1.29, 1.82) is 0 Å². The van der Waals surface area contributed by atoms with Crippen LogP contribution in [0.3, 0.4) is 0 Å². The molecule has 2 N–H and O–H groups in total. The highest BCUT2D eigenvalue weighted by molar-refractivity contribution is 9.10. The number of amides is 1. The Hall–Kier alpha value is -2.22. The summed E-state index contributed by atoms with van der Waals surface area (Å²) in [4.78, 5) is 36.4. The Morgan fingerprint density at radius 2 is 2.15 bits per heavy atom. The standard InChI is InChI=1S/C12H9BrFN3O3/c13-9-5-17(12(20)16-11(9)19)6-10(18)15-8-3-1-2-7(14)4-8/h1-5H,6H2,(H,15,18)(H,16,19,20). The van der Waals surface area contributed by atoms with Gasteiger partial charge >= 0.3 is 5.69 Å². The van der Waals surface area contributed by atoms with Crippen molar-refractivity contribution >= 4 is 27.5 Å². The molecule has 6 nitrogen and oxygen atoms in total. The first-order valence-electron chi connectivity index (χ1n) is 5.50. The molecule has 104 valence electrons. The number of carbonyl (C=O) groups is 1. The van der Waals surface area contributed by atoms with Crippen LogP contribution in [-0.2, 0) is 11.3 Å². The van der Waals surface area contributed by atoms with Crippen molar-refractivity contribution in [3.05, 3.63) is 61.6 Å². The van der Waals surface area contributed by atoms with E-state index in [2.05, 4.69) is 26.2 Å². The van der Waals surface area contributed by atoms with Gasteiger partial charge in [-0.15, -0.1) is 0 Å². The maximum atomic E-state index is 13.0. The second-order valence-electron chi connectivity index (χ2n) is 3.92. The highest BCUT2D eigenvalue weighted by Gasteiger charge is 2.08. The van der Waals surface area contributed by atoms with Crippen LogP contribution in [0.25, 0.3) is 0 Å². The van der Waals surface area contributed by atoms with E-state index in [9.17, 15) is 18.8 Å². The maximum absolute atomic E-state index is 13.0. The van der Waals surface area contributed by atoms with E-state index in [1.807, 2.05) is 0 Å². The molecule has 0 aliphatic heterocycles. The van der Waals surface area contributed by atoms with Crippen LogP contribution in [0.4, 0.5) is 10.1 Å². The van der Waals surface area contributed by atoms with Gasteiger partial charge in [-0.2, -0.15) is 0 Å². The minimum absolute atomic E-state index is 0.135. The summed E-state index contributed by atoms with van der Waals surface area (Å²) in [6.07, 6.45) is 1.21. The Bertz CT molecular complexity index is 769. The molecule has 0 saturated carbocycles. The minimum atomic E-state index is -0.701. The number of aromatic amines is 1. The van der Waals surface area contributed by atoms with E-state index >= 15 is 0 Å². The van der Waals surface area contributed by atoms with Gasteiger partial charge in [-0.25, -0.2) is 9.18 Å². The molecule has 1 heterocycles. The number of H-pyrrole nitrogens is 1. The fourth-order valence-corrected chi connectivity index (χ4v) is 1.87. The molecule has 0 atom stereocenters. The molecule has 0 fully saturated rings. The Balaban J connectivity index is 2.15. The van der Waals surface area contributed by atoms with Gasteiger partial charge in [0.25, 0.3) is 5.56 Å². The molecular formula is C12H9BrFN3O3. The van der Waals surface area contributed by atoms with Crippen LogP contribution in [0, 0.1) is 5.82 Å². The van der Waals surface area contributed by atoms with Crippen LogP contribution < -0.4 is 16.6 Å². The molecule has 20 heavy (non-hydrogen) atoms. The molecule has 1 aromatic carbocycles. The molecule has 2 rings (SSSR count). The number of hydrogen-bond acceptors (Lipinski definition) is 3. The Kier molecular flexibility index (Phi) is 4.14. The van der Waals surface area contributed by atoms with Gasteiger partial charge in [0.1, 0.15) is 12.4 Å². The molecular weight excluding hydrogens is 333 g/mol. The quantitative estimate of drug-likeness (QED) is 0.875. The van der Waals surface area contributed by atoms with E-state index < -0.39 is 23.0 Å². The van der Waals surface area contributed by atoms with Gasteiger partial charge in [-0.3, -0.25) is 19.1 Å². The van der Waals surface area contributed by atoms with Crippen molar-refractivity contribution in [2.45, 2.75) is 6.54 Å². The lowest BCUT2D eigenvalue weighted by molar-refractivity contribution is -0.116. The lowest BCUT2D eigenvalue weighted by Crippen LogP contribution is -2.33. The summed E-state index contributed by atoms with van der Waals surface area (Å²) in [5.74, 6) is -0.997. The topological polar surface area (TPSA) is 84.0 Å². The fraction of sp³-hybridized carbons (Fsp3) is 0.0833. The van der Waals surface area contributed by atoms with Crippen molar-refractivity contribution in [3.8, 4) is 0 Å². The fourth-order valence-electron chi connectivity index (χ4n) is 1.52.